The highest BCUT2D eigenvalue weighted by atomic mass is 15.4. The van der Waals surface area contributed by atoms with Crippen LogP contribution in [0.15, 0.2) is 73.1 Å². The van der Waals surface area contributed by atoms with Crippen LogP contribution in [0.25, 0.3) is 0 Å². The van der Waals surface area contributed by atoms with Crippen LogP contribution in [0.1, 0.15) is 146 Å². The van der Waals surface area contributed by atoms with Gasteiger partial charge in [-0.15, -0.1) is 0 Å². The fourth-order valence-electron chi connectivity index (χ4n) is 7.12. The van der Waals surface area contributed by atoms with Gasteiger partial charge in [-0.05, 0) is 24.0 Å². The molecular weight excluding hydrogens is 496 g/mol. The van der Waals surface area contributed by atoms with Crippen molar-refractivity contribution in [2.24, 2.45) is 0 Å². The summed E-state index contributed by atoms with van der Waals surface area (Å²) in [5.74, 6) is 0.440. The maximum absolute atomic E-state index is 2.69. The first-order chi connectivity index (χ1) is 20.2. The molecule has 1 heterocycles. The van der Waals surface area contributed by atoms with Crippen LogP contribution in [-0.2, 0) is 6.42 Å². The summed E-state index contributed by atoms with van der Waals surface area (Å²) in [7, 11) is 2.29. The van der Waals surface area contributed by atoms with Crippen LogP contribution in [0.3, 0.4) is 0 Å². The van der Waals surface area contributed by atoms with Crippen molar-refractivity contribution in [3.05, 3.63) is 84.2 Å². The molecule has 41 heavy (non-hydrogen) atoms. The lowest BCUT2D eigenvalue weighted by molar-refractivity contribution is 0.0121. The van der Waals surface area contributed by atoms with E-state index in [1.54, 1.807) is 0 Å². The van der Waals surface area contributed by atoms with Crippen LogP contribution in [0.5, 0.6) is 0 Å². The van der Waals surface area contributed by atoms with Crippen LogP contribution in [0, 0.1) is 0 Å². The maximum atomic E-state index is 2.69. The zero-order chi connectivity index (χ0) is 29.0. The van der Waals surface area contributed by atoms with Gasteiger partial charge in [-0.3, -0.25) is 0 Å². The number of nitrogens with zero attached hydrogens (tertiary/aromatic N) is 2. The Morgan fingerprint density at radius 3 is 1.51 bits per heavy atom. The lowest BCUT2D eigenvalue weighted by atomic mass is 9.78. The van der Waals surface area contributed by atoms with Gasteiger partial charge in [0.15, 0.2) is 0 Å². The van der Waals surface area contributed by atoms with Gasteiger partial charge in [-0.2, -0.15) is 0 Å². The Morgan fingerprint density at radius 2 is 1.02 bits per heavy atom. The molecule has 228 valence electrons. The van der Waals surface area contributed by atoms with E-state index in [1.165, 1.54) is 120 Å². The van der Waals surface area contributed by atoms with Crippen molar-refractivity contribution < 1.29 is 0 Å². The molecule has 0 fully saturated rings. The Bertz CT molecular complexity index is 923. The minimum Gasteiger partial charge on any atom is -0.356 e. The predicted molar refractivity (Wildman–Crippen MR) is 180 cm³/mol. The second-order valence-electron chi connectivity index (χ2n) is 12.7. The summed E-state index contributed by atoms with van der Waals surface area (Å²) < 4.78 is 0. The molecule has 2 aromatic rings. The molecule has 0 saturated heterocycles. The molecule has 2 nitrogen and oxygen atoms in total. The first-order valence-electron chi connectivity index (χ1n) is 17.5. The summed E-state index contributed by atoms with van der Waals surface area (Å²) >= 11 is 0. The van der Waals surface area contributed by atoms with Crippen molar-refractivity contribution in [2.45, 2.75) is 147 Å². The van der Waals surface area contributed by atoms with Crippen LogP contribution >= 0.6 is 0 Å². The van der Waals surface area contributed by atoms with E-state index in [-0.39, 0.29) is 5.66 Å². The molecule has 3 rings (SSSR count). The number of likely N-dealkylation sites (N-methyl/N-ethyl adjacent to an activating group) is 1. The van der Waals surface area contributed by atoms with E-state index in [2.05, 4.69) is 104 Å². The zero-order valence-corrected chi connectivity index (χ0v) is 27.0. The van der Waals surface area contributed by atoms with Gasteiger partial charge in [0.05, 0.1) is 0 Å². The monoisotopic (exact) mass is 558 g/mol. The summed E-state index contributed by atoms with van der Waals surface area (Å²) in [6.07, 6.45) is 31.0. The van der Waals surface area contributed by atoms with Gasteiger partial charge in [0, 0.05) is 38.3 Å². The second-order valence-corrected chi connectivity index (χ2v) is 12.7. The number of unbranched alkanes of at least 4 members (excludes halogenated alkanes) is 16. The summed E-state index contributed by atoms with van der Waals surface area (Å²) in [6, 6.07) is 22.4. The predicted octanol–water partition coefficient (Wildman–Crippen LogP) is 11.5. The fourth-order valence-corrected chi connectivity index (χ4v) is 7.12. The first kappa shape index (κ1) is 33.3. The normalized spacial score (nSPS) is 17.4. The molecule has 0 N–H and O–H groups in total. The van der Waals surface area contributed by atoms with Crippen molar-refractivity contribution in [2.75, 3.05) is 13.6 Å². The van der Waals surface area contributed by atoms with E-state index in [4.69, 9.17) is 0 Å². The maximum Gasteiger partial charge on any atom is 0.123 e. The topological polar surface area (TPSA) is 6.48 Å². The summed E-state index contributed by atoms with van der Waals surface area (Å²) in [6.45, 7) is 5.80. The molecule has 1 aliphatic heterocycles. The molecule has 2 atom stereocenters. The van der Waals surface area contributed by atoms with Gasteiger partial charge >= 0.3 is 0 Å². The van der Waals surface area contributed by atoms with E-state index >= 15 is 0 Å². The smallest absolute Gasteiger partial charge is 0.123 e. The third kappa shape index (κ3) is 10.8. The highest BCUT2D eigenvalue weighted by Gasteiger charge is 2.47. The van der Waals surface area contributed by atoms with E-state index in [0.29, 0.717) is 5.92 Å². The summed E-state index contributed by atoms with van der Waals surface area (Å²) in [4.78, 5) is 5.20. The Balaban J connectivity index is 1.37. The molecule has 2 heteroatoms. The minimum absolute atomic E-state index is 0.0630. The molecule has 1 aliphatic rings. The van der Waals surface area contributed by atoms with Gasteiger partial charge < -0.3 is 9.80 Å². The molecule has 2 unspecified atom stereocenters. The lowest BCUT2D eigenvalue weighted by Gasteiger charge is -2.50. The van der Waals surface area contributed by atoms with E-state index in [1.807, 2.05) is 0 Å². The first-order valence-corrected chi connectivity index (χ1v) is 17.5. The van der Waals surface area contributed by atoms with Gasteiger partial charge in [-0.1, -0.05) is 177 Å². The Morgan fingerprint density at radius 1 is 0.561 bits per heavy atom. The van der Waals surface area contributed by atoms with Gasteiger partial charge in [0.1, 0.15) is 5.66 Å². The average molecular weight is 559 g/mol. The summed E-state index contributed by atoms with van der Waals surface area (Å²) in [5, 5.41) is 0. The molecule has 0 saturated carbocycles. The third-order valence-corrected chi connectivity index (χ3v) is 9.56. The third-order valence-electron chi connectivity index (χ3n) is 9.56. The van der Waals surface area contributed by atoms with Gasteiger partial charge in [0.25, 0.3) is 0 Å². The van der Waals surface area contributed by atoms with Crippen LogP contribution in [-0.4, -0.2) is 29.1 Å². The average Bonchev–Trinajstić information content (AvgIpc) is 3.30. The summed E-state index contributed by atoms with van der Waals surface area (Å²) in [5.41, 5.74) is 2.81. The Hall–Kier alpha value is -2.22. The number of hydrogen-bond acceptors (Lipinski definition) is 2. The van der Waals surface area contributed by atoms with Crippen LogP contribution in [0.2, 0.25) is 0 Å². The molecule has 0 radical (unpaired) electrons. The number of benzene rings is 2. The van der Waals surface area contributed by atoms with Crippen molar-refractivity contribution in [3.8, 4) is 0 Å². The van der Waals surface area contributed by atoms with Crippen LogP contribution < -0.4 is 0 Å². The van der Waals surface area contributed by atoms with Crippen LogP contribution in [0.4, 0.5) is 0 Å². The Kier molecular flexibility index (Phi) is 16.1. The fraction of sp³-hybridized carbons (Fsp3) is 0.641. The highest BCUT2D eigenvalue weighted by Crippen LogP contribution is 2.44. The second kappa shape index (κ2) is 19.8. The van der Waals surface area contributed by atoms with Crippen molar-refractivity contribution in [1.82, 2.24) is 9.80 Å². The molecule has 0 aromatic heterocycles. The largest absolute Gasteiger partial charge is 0.356 e. The molecule has 0 bridgehead atoms. The Labute approximate surface area is 254 Å². The SMILES string of the molecule is CCCCCCCCCCCCCCCCCCCN1C=CN(C)C1(Cc1ccccc1)C(CC)c1ccccc1. The molecule has 0 aliphatic carbocycles. The molecule has 2 aromatic carbocycles. The zero-order valence-electron chi connectivity index (χ0n) is 27.0. The standard InChI is InChI=1S/C39H62N2/c1-4-6-7-8-9-10-11-12-13-14-15-16-17-18-19-20-27-32-41-34-33-40(3)39(41,35-36-28-23-21-24-29-36)38(5-2)37-30-25-22-26-31-37/h21-26,28-31,33-34,38H,4-20,27,32,35H2,1-3H3. The highest BCUT2D eigenvalue weighted by molar-refractivity contribution is 5.30. The van der Waals surface area contributed by atoms with Gasteiger partial charge in [-0.25, -0.2) is 0 Å². The quantitative estimate of drug-likeness (QED) is 0.125. The van der Waals surface area contributed by atoms with E-state index in [9.17, 15) is 0 Å². The van der Waals surface area contributed by atoms with E-state index in [0.717, 1.165) is 19.4 Å². The minimum atomic E-state index is -0.0630. The molecule has 0 amide bonds. The van der Waals surface area contributed by atoms with Crippen molar-refractivity contribution in [3.63, 3.8) is 0 Å². The lowest BCUT2D eigenvalue weighted by Crippen LogP contribution is -2.58. The van der Waals surface area contributed by atoms with Crippen molar-refractivity contribution in [1.29, 1.82) is 0 Å². The van der Waals surface area contributed by atoms with E-state index < -0.39 is 0 Å². The number of rotatable bonds is 23. The molecular formula is C39H62N2. The number of hydrogen-bond donors (Lipinski definition) is 0. The van der Waals surface area contributed by atoms with Crippen molar-refractivity contribution >= 4 is 0 Å². The molecule has 0 spiro atoms. The van der Waals surface area contributed by atoms with Gasteiger partial charge in [0.2, 0.25) is 0 Å².